The molecule has 6 heteroatoms. The maximum absolute atomic E-state index is 12.2. The first-order valence-corrected chi connectivity index (χ1v) is 7.57. The molecule has 0 radical (unpaired) electrons. The Morgan fingerprint density at radius 3 is 2.76 bits per heavy atom. The van der Waals surface area contributed by atoms with Crippen molar-refractivity contribution in [3.05, 3.63) is 34.3 Å². The summed E-state index contributed by atoms with van der Waals surface area (Å²) in [7, 11) is 0. The van der Waals surface area contributed by atoms with E-state index >= 15 is 0 Å². The van der Waals surface area contributed by atoms with E-state index in [1.54, 1.807) is 24.3 Å². The molecule has 5 nitrogen and oxygen atoms in total. The second-order valence-corrected chi connectivity index (χ2v) is 6.11. The number of nitrogens with one attached hydrogen (secondary N) is 1. The van der Waals surface area contributed by atoms with Gasteiger partial charge in [-0.3, -0.25) is 9.59 Å². The molecule has 1 saturated carbocycles. The highest BCUT2D eigenvalue weighted by atomic mass is 79.9. The number of aliphatic carboxylic acids is 1. The van der Waals surface area contributed by atoms with E-state index in [0.717, 1.165) is 4.47 Å². The second-order valence-electron chi connectivity index (χ2n) is 5.19. The average molecular weight is 354 g/mol. The fraction of sp³-hybridized carbons (Fsp3) is 0.400. The predicted molar refractivity (Wildman–Crippen MR) is 80.0 cm³/mol. The van der Waals surface area contributed by atoms with E-state index in [9.17, 15) is 19.5 Å². The lowest BCUT2D eigenvalue weighted by molar-refractivity contribution is -0.141. The minimum atomic E-state index is -1.10. The maximum atomic E-state index is 12.2. The van der Waals surface area contributed by atoms with Gasteiger partial charge in [0.15, 0.2) is 0 Å². The van der Waals surface area contributed by atoms with Gasteiger partial charge in [-0.05, 0) is 37.0 Å². The van der Waals surface area contributed by atoms with Gasteiger partial charge in [0.2, 0.25) is 0 Å². The maximum Gasteiger partial charge on any atom is 0.326 e. The molecule has 1 fully saturated rings. The molecule has 0 unspecified atom stereocenters. The van der Waals surface area contributed by atoms with Crippen LogP contribution >= 0.6 is 15.9 Å². The van der Waals surface area contributed by atoms with Gasteiger partial charge in [-0.2, -0.15) is 0 Å². The number of carboxylic acid groups (broad SMARTS) is 1. The number of hydrogen-bond acceptors (Lipinski definition) is 3. The Morgan fingerprint density at radius 1 is 1.38 bits per heavy atom. The van der Waals surface area contributed by atoms with Crippen molar-refractivity contribution in [3.8, 4) is 0 Å². The number of benzene rings is 1. The van der Waals surface area contributed by atoms with Crippen molar-refractivity contribution < 1.29 is 19.5 Å². The van der Waals surface area contributed by atoms with Gasteiger partial charge in [0.1, 0.15) is 11.8 Å². The zero-order valence-electron chi connectivity index (χ0n) is 11.3. The zero-order chi connectivity index (χ0) is 15.4. The van der Waals surface area contributed by atoms with Crippen LogP contribution in [0.2, 0.25) is 0 Å². The highest BCUT2D eigenvalue weighted by Crippen LogP contribution is 2.25. The third-order valence-corrected chi connectivity index (χ3v) is 4.12. The molecule has 0 spiro atoms. The molecule has 1 amide bonds. The Labute approximate surface area is 130 Å². The number of Topliss-reactive ketones (excluding diaryl/α,β-unsaturated/α-hetero) is 1. The first-order chi connectivity index (χ1) is 9.97. The van der Waals surface area contributed by atoms with Crippen LogP contribution in [-0.4, -0.2) is 28.8 Å². The van der Waals surface area contributed by atoms with Crippen LogP contribution in [0.15, 0.2) is 28.7 Å². The monoisotopic (exact) mass is 353 g/mol. The molecular formula is C15H16BrNO4. The molecular weight excluding hydrogens is 338 g/mol. The molecule has 0 bridgehead atoms. The molecule has 1 aliphatic carbocycles. The number of ketones is 1. The van der Waals surface area contributed by atoms with E-state index in [1.807, 2.05) is 0 Å². The van der Waals surface area contributed by atoms with Gasteiger partial charge in [0.05, 0.1) is 0 Å². The van der Waals surface area contributed by atoms with Crippen molar-refractivity contribution in [2.45, 2.75) is 31.7 Å². The molecule has 0 aliphatic heterocycles. The van der Waals surface area contributed by atoms with Crippen LogP contribution in [0, 0.1) is 5.92 Å². The van der Waals surface area contributed by atoms with Crippen molar-refractivity contribution in [1.82, 2.24) is 5.32 Å². The summed E-state index contributed by atoms with van der Waals surface area (Å²) in [4.78, 5) is 35.0. The summed E-state index contributed by atoms with van der Waals surface area (Å²) in [6, 6.07) is 5.70. The largest absolute Gasteiger partial charge is 0.480 e. The summed E-state index contributed by atoms with van der Waals surface area (Å²) in [6.45, 7) is 0. The predicted octanol–water partition coefficient (Wildman–Crippen LogP) is 2.39. The van der Waals surface area contributed by atoms with Crippen LogP contribution in [0.4, 0.5) is 0 Å². The van der Waals surface area contributed by atoms with Crippen LogP contribution in [-0.2, 0) is 9.59 Å². The first-order valence-electron chi connectivity index (χ1n) is 6.78. The Hall–Kier alpha value is -1.69. The number of amides is 1. The number of carbonyl (C=O) groups is 3. The van der Waals surface area contributed by atoms with E-state index in [1.165, 1.54) is 0 Å². The topological polar surface area (TPSA) is 83.5 Å². The van der Waals surface area contributed by atoms with E-state index in [0.29, 0.717) is 24.8 Å². The molecule has 21 heavy (non-hydrogen) atoms. The molecule has 0 saturated heterocycles. The molecule has 1 aromatic rings. The standard InChI is InChI=1S/C15H16BrNO4/c16-11-5-1-4-10(7-11)14(19)17-13(15(20)21)9-3-2-6-12(18)8-9/h1,4-5,7,9,13H,2-3,6,8H2,(H,17,19)(H,20,21)/t9-,13+/m0/s1. The van der Waals surface area contributed by atoms with E-state index in [-0.39, 0.29) is 18.1 Å². The zero-order valence-corrected chi connectivity index (χ0v) is 12.9. The lowest BCUT2D eigenvalue weighted by Crippen LogP contribution is -2.47. The lowest BCUT2D eigenvalue weighted by atomic mass is 9.83. The van der Waals surface area contributed by atoms with Gasteiger partial charge < -0.3 is 10.4 Å². The molecule has 2 atom stereocenters. The lowest BCUT2D eigenvalue weighted by Gasteiger charge is -2.27. The molecule has 2 N–H and O–H groups in total. The van der Waals surface area contributed by atoms with Crippen LogP contribution in [0.5, 0.6) is 0 Å². The van der Waals surface area contributed by atoms with Crippen molar-refractivity contribution in [1.29, 1.82) is 0 Å². The van der Waals surface area contributed by atoms with Crippen molar-refractivity contribution in [2.24, 2.45) is 5.92 Å². The van der Waals surface area contributed by atoms with E-state index in [2.05, 4.69) is 21.2 Å². The first kappa shape index (κ1) is 15.7. The number of hydrogen-bond donors (Lipinski definition) is 2. The molecule has 0 aromatic heterocycles. The van der Waals surface area contributed by atoms with Crippen molar-refractivity contribution >= 4 is 33.6 Å². The van der Waals surface area contributed by atoms with Crippen LogP contribution < -0.4 is 5.32 Å². The minimum Gasteiger partial charge on any atom is -0.480 e. The Kier molecular flexibility index (Phi) is 5.12. The van der Waals surface area contributed by atoms with Crippen LogP contribution in [0.25, 0.3) is 0 Å². The summed E-state index contributed by atoms with van der Waals surface area (Å²) in [5.41, 5.74) is 0.387. The van der Waals surface area contributed by atoms with Gasteiger partial charge in [-0.25, -0.2) is 4.79 Å². The number of rotatable bonds is 4. The number of carbonyl (C=O) groups excluding carboxylic acids is 2. The smallest absolute Gasteiger partial charge is 0.326 e. The summed E-state index contributed by atoms with van der Waals surface area (Å²) in [6.07, 6.45) is 2.04. The van der Waals surface area contributed by atoms with Gasteiger partial charge in [-0.15, -0.1) is 0 Å². The van der Waals surface area contributed by atoms with Gasteiger partial charge in [0.25, 0.3) is 5.91 Å². The number of halogens is 1. The fourth-order valence-electron chi connectivity index (χ4n) is 2.58. The summed E-state index contributed by atoms with van der Waals surface area (Å²) >= 11 is 3.27. The second kappa shape index (κ2) is 6.85. The highest BCUT2D eigenvalue weighted by molar-refractivity contribution is 9.10. The number of carboxylic acids is 1. The van der Waals surface area contributed by atoms with E-state index in [4.69, 9.17) is 0 Å². The van der Waals surface area contributed by atoms with Gasteiger partial charge in [0, 0.05) is 22.9 Å². The SMILES string of the molecule is O=C1CCC[C@H]([C@@H](NC(=O)c2cccc(Br)c2)C(=O)O)C1. The quantitative estimate of drug-likeness (QED) is 0.870. The summed E-state index contributed by atoms with van der Waals surface area (Å²) in [5.74, 6) is -1.81. The third kappa shape index (κ3) is 4.14. The average Bonchev–Trinajstić information content (AvgIpc) is 2.44. The molecule has 1 aromatic carbocycles. The van der Waals surface area contributed by atoms with Crippen molar-refractivity contribution in [3.63, 3.8) is 0 Å². The van der Waals surface area contributed by atoms with Gasteiger partial charge in [-0.1, -0.05) is 22.0 Å². The molecule has 1 aliphatic rings. The van der Waals surface area contributed by atoms with E-state index < -0.39 is 17.9 Å². The fourth-order valence-corrected chi connectivity index (χ4v) is 2.98. The summed E-state index contributed by atoms with van der Waals surface area (Å²) < 4.78 is 0.745. The normalized spacial score (nSPS) is 19.9. The minimum absolute atomic E-state index is 0.0641. The van der Waals surface area contributed by atoms with Gasteiger partial charge >= 0.3 is 5.97 Å². The Balaban J connectivity index is 2.11. The van der Waals surface area contributed by atoms with Crippen LogP contribution in [0.3, 0.4) is 0 Å². The Bertz CT molecular complexity index is 573. The Morgan fingerprint density at radius 2 is 2.14 bits per heavy atom. The molecule has 112 valence electrons. The summed E-state index contributed by atoms with van der Waals surface area (Å²) in [5, 5.41) is 11.9. The molecule has 2 rings (SSSR count). The van der Waals surface area contributed by atoms with Crippen LogP contribution in [0.1, 0.15) is 36.0 Å². The van der Waals surface area contributed by atoms with Crippen molar-refractivity contribution in [2.75, 3.05) is 0 Å². The molecule has 0 heterocycles. The highest BCUT2D eigenvalue weighted by Gasteiger charge is 2.33. The third-order valence-electron chi connectivity index (χ3n) is 3.63.